The smallest absolute Gasteiger partial charge is 0.204 e. The van der Waals surface area contributed by atoms with Gasteiger partial charge in [-0.05, 0) is 56.0 Å². The first-order chi connectivity index (χ1) is 12.9. The van der Waals surface area contributed by atoms with Crippen LogP contribution in [0.2, 0.25) is 5.02 Å². The molecule has 146 valence electrons. The van der Waals surface area contributed by atoms with Crippen molar-refractivity contribution < 1.29 is 19.0 Å². The number of methoxy groups -OCH3 is 2. The first-order valence-corrected chi connectivity index (χ1v) is 9.43. The van der Waals surface area contributed by atoms with Crippen molar-refractivity contribution in [3.8, 4) is 17.2 Å². The van der Waals surface area contributed by atoms with E-state index < -0.39 is 0 Å². The molecule has 0 fully saturated rings. The molecule has 0 bridgehead atoms. The second-order valence-electron chi connectivity index (χ2n) is 6.53. The maximum absolute atomic E-state index is 13.5. The molecule has 0 saturated heterocycles. The third-order valence-electron chi connectivity index (χ3n) is 4.63. The number of unbranched alkanes of at least 4 members (excludes halogenated alkanes) is 1. The van der Waals surface area contributed by atoms with Crippen molar-refractivity contribution in [1.82, 2.24) is 0 Å². The van der Waals surface area contributed by atoms with E-state index in [9.17, 15) is 4.79 Å². The van der Waals surface area contributed by atoms with Crippen LogP contribution >= 0.6 is 11.6 Å². The predicted molar refractivity (Wildman–Crippen MR) is 109 cm³/mol. The molecule has 0 aliphatic carbocycles. The van der Waals surface area contributed by atoms with Crippen LogP contribution in [0.1, 0.15) is 52.4 Å². The van der Waals surface area contributed by atoms with E-state index in [0.29, 0.717) is 40.0 Å². The van der Waals surface area contributed by atoms with Crippen LogP contribution in [0.4, 0.5) is 0 Å². The van der Waals surface area contributed by atoms with E-state index in [0.717, 1.165) is 29.5 Å². The van der Waals surface area contributed by atoms with Crippen molar-refractivity contribution in [1.29, 1.82) is 0 Å². The van der Waals surface area contributed by atoms with Crippen LogP contribution in [-0.4, -0.2) is 26.6 Å². The Morgan fingerprint density at radius 1 is 1.00 bits per heavy atom. The number of ether oxygens (including phenoxy) is 3. The fourth-order valence-electron chi connectivity index (χ4n) is 3.12. The fraction of sp³-hybridized carbons (Fsp3) is 0.409. The van der Waals surface area contributed by atoms with E-state index in [1.165, 1.54) is 0 Å². The third-order valence-corrected chi connectivity index (χ3v) is 5.04. The Hall–Kier alpha value is -2.20. The Morgan fingerprint density at radius 3 is 2.30 bits per heavy atom. The van der Waals surface area contributed by atoms with Crippen molar-refractivity contribution in [3.05, 3.63) is 51.0 Å². The van der Waals surface area contributed by atoms with Crippen LogP contribution in [0, 0.1) is 20.8 Å². The van der Waals surface area contributed by atoms with Gasteiger partial charge in [0.15, 0.2) is 17.3 Å². The molecule has 0 aromatic heterocycles. The van der Waals surface area contributed by atoms with E-state index >= 15 is 0 Å². The average Bonchev–Trinajstić information content (AvgIpc) is 2.64. The Labute approximate surface area is 166 Å². The molecule has 27 heavy (non-hydrogen) atoms. The maximum atomic E-state index is 13.5. The van der Waals surface area contributed by atoms with E-state index in [-0.39, 0.29) is 5.78 Å². The Kier molecular flexibility index (Phi) is 7.14. The normalized spacial score (nSPS) is 10.6. The number of hydrogen-bond acceptors (Lipinski definition) is 4. The van der Waals surface area contributed by atoms with Gasteiger partial charge in [-0.15, -0.1) is 0 Å². The predicted octanol–water partition coefficient (Wildman–Crippen LogP) is 5.69. The summed E-state index contributed by atoms with van der Waals surface area (Å²) in [4.78, 5) is 13.5. The summed E-state index contributed by atoms with van der Waals surface area (Å²) in [5, 5.41) is 0.565. The standard InChI is InChI=1S/C22H27ClO4/c1-7-8-11-27-22-19(14(3)12-17(25-5)21(22)26-6)20(24)18-13(2)9-10-16(23)15(18)4/h9-10,12H,7-8,11H2,1-6H3. The lowest BCUT2D eigenvalue weighted by Crippen LogP contribution is -2.13. The molecule has 0 N–H and O–H groups in total. The van der Waals surface area contributed by atoms with E-state index in [4.69, 9.17) is 25.8 Å². The Morgan fingerprint density at radius 2 is 1.70 bits per heavy atom. The van der Waals surface area contributed by atoms with Gasteiger partial charge in [-0.3, -0.25) is 4.79 Å². The van der Waals surface area contributed by atoms with Gasteiger partial charge in [-0.25, -0.2) is 0 Å². The summed E-state index contributed by atoms with van der Waals surface area (Å²) < 4.78 is 17.0. The summed E-state index contributed by atoms with van der Waals surface area (Å²) >= 11 is 6.28. The van der Waals surface area contributed by atoms with Gasteiger partial charge in [0.2, 0.25) is 5.75 Å². The lowest BCUT2D eigenvalue weighted by atomic mass is 9.91. The molecule has 2 aromatic carbocycles. The first kappa shape index (κ1) is 21.1. The summed E-state index contributed by atoms with van der Waals surface area (Å²) in [6, 6.07) is 5.47. The molecule has 0 unspecified atom stereocenters. The molecule has 0 radical (unpaired) electrons. The van der Waals surface area contributed by atoms with Crippen molar-refractivity contribution >= 4 is 17.4 Å². The minimum absolute atomic E-state index is 0.127. The van der Waals surface area contributed by atoms with Gasteiger partial charge in [0.05, 0.1) is 26.4 Å². The highest BCUT2D eigenvalue weighted by Gasteiger charge is 2.27. The molecule has 0 spiro atoms. The summed E-state index contributed by atoms with van der Waals surface area (Å²) in [5.74, 6) is 1.27. The summed E-state index contributed by atoms with van der Waals surface area (Å²) in [5.41, 5.74) is 3.48. The van der Waals surface area contributed by atoms with Crippen molar-refractivity contribution in [3.63, 3.8) is 0 Å². The summed E-state index contributed by atoms with van der Waals surface area (Å²) in [7, 11) is 3.11. The molecule has 5 heteroatoms. The molecule has 0 aliphatic heterocycles. The van der Waals surface area contributed by atoms with E-state index in [1.54, 1.807) is 20.3 Å². The van der Waals surface area contributed by atoms with Crippen molar-refractivity contribution in [2.24, 2.45) is 0 Å². The number of carbonyl (C=O) groups is 1. The Balaban J connectivity index is 2.71. The van der Waals surface area contributed by atoms with Gasteiger partial charge in [0, 0.05) is 10.6 Å². The zero-order chi connectivity index (χ0) is 20.1. The number of hydrogen-bond donors (Lipinski definition) is 0. The van der Waals surface area contributed by atoms with Crippen LogP contribution < -0.4 is 14.2 Å². The van der Waals surface area contributed by atoms with Gasteiger partial charge in [0.1, 0.15) is 0 Å². The zero-order valence-electron chi connectivity index (χ0n) is 16.9. The first-order valence-electron chi connectivity index (χ1n) is 9.06. The molecule has 2 aromatic rings. The van der Waals surface area contributed by atoms with Crippen molar-refractivity contribution in [2.75, 3.05) is 20.8 Å². The van der Waals surface area contributed by atoms with Gasteiger partial charge >= 0.3 is 0 Å². The Bertz CT molecular complexity index is 843. The molecule has 0 heterocycles. The molecule has 0 atom stereocenters. The van der Waals surface area contributed by atoms with Crippen LogP contribution in [0.5, 0.6) is 17.2 Å². The third kappa shape index (κ3) is 4.22. The van der Waals surface area contributed by atoms with Crippen molar-refractivity contribution in [2.45, 2.75) is 40.5 Å². The largest absolute Gasteiger partial charge is 0.493 e. The highest BCUT2D eigenvalue weighted by Crippen LogP contribution is 2.43. The second kappa shape index (κ2) is 9.14. The summed E-state index contributed by atoms with van der Waals surface area (Å²) in [6.07, 6.45) is 1.86. The van der Waals surface area contributed by atoms with Crippen LogP contribution in [-0.2, 0) is 0 Å². The highest BCUT2D eigenvalue weighted by molar-refractivity contribution is 6.32. The van der Waals surface area contributed by atoms with Crippen LogP contribution in [0.15, 0.2) is 18.2 Å². The van der Waals surface area contributed by atoms with Gasteiger partial charge < -0.3 is 14.2 Å². The molecular formula is C22H27ClO4. The topological polar surface area (TPSA) is 44.8 Å². The minimum Gasteiger partial charge on any atom is -0.493 e. The number of carbonyl (C=O) groups excluding carboxylic acids is 1. The number of halogens is 1. The molecule has 0 aliphatic rings. The second-order valence-corrected chi connectivity index (χ2v) is 6.94. The average molecular weight is 391 g/mol. The minimum atomic E-state index is -0.127. The zero-order valence-corrected chi connectivity index (χ0v) is 17.6. The van der Waals surface area contributed by atoms with E-state index in [1.807, 2.05) is 32.9 Å². The fourth-order valence-corrected chi connectivity index (χ4v) is 3.28. The monoisotopic (exact) mass is 390 g/mol. The molecule has 0 amide bonds. The summed E-state index contributed by atoms with van der Waals surface area (Å²) in [6.45, 7) is 8.22. The molecular weight excluding hydrogens is 364 g/mol. The highest BCUT2D eigenvalue weighted by atomic mass is 35.5. The quantitative estimate of drug-likeness (QED) is 0.429. The maximum Gasteiger partial charge on any atom is 0.204 e. The lowest BCUT2D eigenvalue weighted by molar-refractivity contribution is 0.103. The number of aryl methyl sites for hydroxylation is 2. The van der Waals surface area contributed by atoms with Crippen LogP contribution in [0.25, 0.3) is 0 Å². The number of rotatable bonds is 8. The molecule has 2 rings (SSSR count). The molecule has 0 saturated carbocycles. The molecule has 4 nitrogen and oxygen atoms in total. The van der Waals surface area contributed by atoms with Gasteiger partial charge in [0.25, 0.3) is 0 Å². The lowest BCUT2D eigenvalue weighted by Gasteiger charge is -2.20. The van der Waals surface area contributed by atoms with Crippen LogP contribution in [0.3, 0.4) is 0 Å². The van der Waals surface area contributed by atoms with E-state index in [2.05, 4.69) is 6.92 Å². The number of ketones is 1. The van der Waals surface area contributed by atoms with Gasteiger partial charge in [-0.1, -0.05) is 31.0 Å². The van der Waals surface area contributed by atoms with Gasteiger partial charge in [-0.2, -0.15) is 0 Å². The SMILES string of the molecule is CCCCOc1c(OC)c(OC)cc(C)c1C(=O)c1c(C)ccc(Cl)c1C. The number of benzene rings is 2.